The quantitative estimate of drug-likeness (QED) is 0.928. The van der Waals surface area contributed by atoms with Gasteiger partial charge in [-0.15, -0.1) is 0 Å². The van der Waals surface area contributed by atoms with Gasteiger partial charge in [0.1, 0.15) is 17.3 Å². The van der Waals surface area contributed by atoms with E-state index in [1.165, 1.54) is 12.1 Å². The van der Waals surface area contributed by atoms with Crippen molar-refractivity contribution in [3.8, 4) is 0 Å². The van der Waals surface area contributed by atoms with Crippen LogP contribution < -0.4 is 10.2 Å². The molecule has 1 N–H and O–H groups in total. The topological polar surface area (TPSA) is 24.5 Å². The van der Waals surface area contributed by atoms with E-state index in [0.29, 0.717) is 25.2 Å². The molecule has 0 atom stereocenters. The summed E-state index contributed by atoms with van der Waals surface area (Å²) in [6.45, 7) is 9.09. The Labute approximate surface area is 125 Å². The number of nitrogens with one attached hydrogen (secondary N) is 1. The zero-order valence-electron chi connectivity index (χ0n) is 13.4. The van der Waals surface area contributed by atoms with E-state index < -0.39 is 22.8 Å². The SMILES string of the molecule is CNCc1cc(F)c(N2CC(C)(C)OC(C)(C)C2)c(F)c1. The molecule has 1 fully saturated rings. The van der Waals surface area contributed by atoms with Gasteiger partial charge in [-0.1, -0.05) is 0 Å². The maximum absolute atomic E-state index is 14.4. The standard InChI is InChI=1S/C16H24F2N2O/c1-15(2)9-20(10-16(3,4)21-15)14-12(17)6-11(8-19-5)7-13(14)18/h6-7,19H,8-10H2,1-5H3. The highest BCUT2D eigenvalue weighted by atomic mass is 19.1. The number of hydrogen-bond donors (Lipinski definition) is 1. The molecule has 118 valence electrons. The van der Waals surface area contributed by atoms with Crippen molar-refractivity contribution in [2.75, 3.05) is 25.0 Å². The summed E-state index contributed by atoms with van der Waals surface area (Å²) in [5.41, 5.74) is -0.267. The molecule has 0 unspecified atom stereocenters. The second kappa shape index (κ2) is 5.54. The molecule has 0 spiro atoms. The van der Waals surface area contributed by atoms with Gasteiger partial charge in [0.15, 0.2) is 0 Å². The predicted octanol–water partition coefficient (Wildman–Crippen LogP) is 3.08. The van der Waals surface area contributed by atoms with Gasteiger partial charge >= 0.3 is 0 Å². The van der Waals surface area contributed by atoms with Gasteiger partial charge in [-0.3, -0.25) is 0 Å². The average molecular weight is 298 g/mol. The van der Waals surface area contributed by atoms with Crippen molar-refractivity contribution < 1.29 is 13.5 Å². The Balaban J connectivity index is 2.37. The van der Waals surface area contributed by atoms with E-state index in [-0.39, 0.29) is 5.69 Å². The van der Waals surface area contributed by atoms with Crippen LogP contribution in [0.25, 0.3) is 0 Å². The molecule has 0 saturated carbocycles. The summed E-state index contributed by atoms with van der Waals surface area (Å²) in [6.07, 6.45) is 0. The van der Waals surface area contributed by atoms with Gasteiger partial charge in [0.2, 0.25) is 0 Å². The van der Waals surface area contributed by atoms with E-state index in [0.717, 1.165) is 0 Å². The van der Waals surface area contributed by atoms with Crippen LogP contribution in [0, 0.1) is 11.6 Å². The zero-order chi connectivity index (χ0) is 15.8. The van der Waals surface area contributed by atoms with E-state index in [4.69, 9.17) is 4.74 Å². The third-order valence-electron chi connectivity index (χ3n) is 3.47. The molecule has 0 amide bonds. The van der Waals surface area contributed by atoms with Gasteiger partial charge in [-0.05, 0) is 52.4 Å². The largest absolute Gasteiger partial charge is 0.366 e. The fraction of sp³-hybridized carbons (Fsp3) is 0.625. The molecule has 1 aromatic rings. The molecule has 1 aromatic carbocycles. The van der Waals surface area contributed by atoms with Crippen molar-refractivity contribution in [1.82, 2.24) is 5.32 Å². The lowest BCUT2D eigenvalue weighted by Gasteiger charge is -2.48. The monoisotopic (exact) mass is 298 g/mol. The van der Waals surface area contributed by atoms with E-state index >= 15 is 0 Å². The van der Waals surface area contributed by atoms with Crippen LogP contribution in [0.4, 0.5) is 14.5 Å². The van der Waals surface area contributed by atoms with E-state index in [1.54, 1.807) is 11.9 Å². The highest BCUT2D eigenvalue weighted by Gasteiger charge is 2.39. The van der Waals surface area contributed by atoms with Gasteiger partial charge in [-0.2, -0.15) is 0 Å². The molecule has 2 rings (SSSR count). The Morgan fingerprint density at radius 1 is 1.10 bits per heavy atom. The fourth-order valence-corrected chi connectivity index (χ4v) is 3.17. The summed E-state index contributed by atoms with van der Waals surface area (Å²) in [5.74, 6) is -1.04. The lowest BCUT2D eigenvalue weighted by atomic mass is 9.98. The van der Waals surface area contributed by atoms with Crippen LogP contribution in [-0.2, 0) is 11.3 Å². The van der Waals surface area contributed by atoms with Gasteiger partial charge in [0, 0.05) is 19.6 Å². The summed E-state index contributed by atoms with van der Waals surface area (Å²) >= 11 is 0. The second-order valence-electron chi connectivity index (χ2n) is 6.92. The van der Waals surface area contributed by atoms with Crippen molar-refractivity contribution in [3.63, 3.8) is 0 Å². The van der Waals surface area contributed by atoms with Crippen LogP contribution in [0.15, 0.2) is 12.1 Å². The third kappa shape index (κ3) is 3.71. The van der Waals surface area contributed by atoms with E-state index in [9.17, 15) is 8.78 Å². The van der Waals surface area contributed by atoms with Gasteiger partial charge < -0.3 is 15.0 Å². The number of benzene rings is 1. The fourth-order valence-electron chi connectivity index (χ4n) is 3.17. The smallest absolute Gasteiger partial charge is 0.149 e. The van der Waals surface area contributed by atoms with Crippen LogP contribution in [0.2, 0.25) is 0 Å². The molecule has 0 aliphatic carbocycles. The maximum atomic E-state index is 14.4. The zero-order valence-corrected chi connectivity index (χ0v) is 13.4. The minimum absolute atomic E-state index is 0.0410. The minimum atomic E-state index is -0.520. The third-order valence-corrected chi connectivity index (χ3v) is 3.47. The molecule has 1 aliphatic heterocycles. The molecule has 3 nitrogen and oxygen atoms in total. The summed E-state index contributed by atoms with van der Waals surface area (Å²) < 4.78 is 34.7. The van der Waals surface area contributed by atoms with E-state index in [1.807, 2.05) is 27.7 Å². The number of anilines is 1. The molecule has 21 heavy (non-hydrogen) atoms. The first-order chi connectivity index (χ1) is 9.63. The number of ether oxygens (including phenoxy) is 1. The molecule has 0 aromatic heterocycles. The minimum Gasteiger partial charge on any atom is -0.366 e. The normalized spacial score (nSPS) is 20.6. The van der Waals surface area contributed by atoms with Crippen LogP contribution in [0.1, 0.15) is 33.3 Å². The first-order valence-electron chi connectivity index (χ1n) is 7.21. The number of rotatable bonds is 3. The van der Waals surface area contributed by atoms with Crippen LogP contribution in [0.3, 0.4) is 0 Å². The highest BCUT2D eigenvalue weighted by molar-refractivity contribution is 5.52. The maximum Gasteiger partial charge on any atom is 0.149 e. The van der Waals surface area contributed by atoms with E-state index in [2.05, 4.69) is 5.32 Å². The summed E-state index contributed by atoms with van der Waals surface area (Å²) in [5, 5.41) is 2.90. The number of hydrogen-bond acceptors (Lipinski definition) is 3. The van der Waals surface area contributed by atoms with Gasteiger partial charge in [0.25, 0.3) is 0 Å². The number of nitrogens with zero attached hydrogens (tertiary/aromatic N) is 1. The first kappa shape index (κ1) is 16.2. The lowest BCUT2D eigenvalue weighted by molar-refractivity contribution is -0.133. The van der Waals surface area contributed by atoms with Crippen molar-refractivity contribution in [3.05, 3.63) is 29.3 Å². The lowest BCUT2D eigenvalue weighted by Crippen LogP contribution is -2.57. The Bertz CT molecular complexity index is 490. The molecule has 0 radical (unpaired) electrons. The Morgan fingerprint density at radius 3 is 2.00 bits per heavy atom. The molecular formula is C16H24F2N2O. The average Bonchev–Trinajstić information content (AvgIpc) is 2.23. The molecule has 0 bridgehead atoms. The van der Waals surface area contributed by atoms with Crippen molar-refractivity contribution in [2.45, 2.75) is 45.4 Å². The van der Waals surface area contributed by atoms with Crippen LogP contribution >= 0.6 is 0 Å². The Hall–Kier alpha value is -1.20. The predicted molar refractivity (Wildman–Crippen MR) is 80.6 cm³/mol. The molecule has 1 heterocycles. The Kier molecular flexibility index (Phi) is 4.26. The summed E-state index contributed by atoms with van der Waals surface area (Å²) in [6, 6.07) is 2.79. The highest BCUT2D eigenvalue weighted by Crippen LogP contribution is 2.34. The number of halogens is 2. The van der Waals surface area contributed by atoms with Gasteiger partial charge in [-0.25, -0.2) is 8.78 Å². The molecule has 5 heteroatoms. The first-order valence-corrected chi connectivity index (χ1v) is 7.21. The van der Waals surface area contributed by atoms with Gasteiger partial charge in [0.05, 0.1) is 11.2 Å². The summed E-state index contributed by atoms with van der Waals surface area (Å²) in [4.78, 5) is 1.75. The molecule has 1 aliphatic rings. The van der Waals surface area contributed by atoms with Crippen LogP contribution in [-0.4, -0.2) is 31.3 Å². The second-order valence-corrected chi connectivity index (χ2v) is 6.92. The molecular weight excluding hydrogens is 274 g/mol. The van der Waals surface area contributed by atoms with Crippen molar-refractivity contribution >= 4 is 5.69 Å². The Morgan fingerprint density at radius 2 is 1.57 bits per heavy atom. The molecule has 1 saturated heterocycles. The van der Waals surface area contributed by atoms with Crippen molar-refractivity contribution in [2.24, 2.45) is 0 Å². The van der Waals surface area contributed by atoms with Crippen LogP contribution in [0.5, 0.6) is 0 Å². The number of morpholine rings is 1. The summed E-state index contributed by atoms with van der Waals surface area (Å²) in [7, 11) is 1.75. The van der Waals surface area contributed by atoms with Crippen molar-refractivity contribution in [1.29, 1.82) is 0 Å².